The summed E-state index contributed by atoms with van der Waals surface area (Å²) in [6.07, 6.45) is 2.11. The molecule has 0 spiro atoms. The molecule has 17 heavy (non-hydrogen) atoms. The van der Waals surface area contributed by atoms with E-state index in [1.807, 2.05) is 13.8 Å². The van der Waals surface area contributed by atoms with Crippen molar-refractivity contribution < 1.29 is 0 Å². The van der Waals surface area contributed by atoms with Gasteiger partial charge in [0, 0.05) is 12.7 Å². The molecule has 1 heterocycles. The molecule has 0 aliphatic carbocycles. The van der Waals surface area contributed by atoms with Gasteiger partial charge in [-0.3, -0.25) is 0 Å². The van der Waals surface area contributed by atoms with Crippen LogP contribution >= 0.6 is 0 Å². The number of rotatable bonds is 0. The van der Waals surface area contributed by atoms with Gasteiger partial charge in [0.25, 0.3) is 0 Å². The van der Waals surface area contributed by atoms with E-state index in [2.05, 4.69) is 54.8 Å². The number of hydrogen-bond donors (Lipinski definition) is 1. The van der Waals surface area contributed by atoms with Gasteiger partial charge in [-0.15, -0.1) is 0 Å². The second kappa shape index (κ2) is 5.05. The Balaban J connectivity index is 0.000000514. The third-order valence-corrected chi connectivity index (χ3v) is 3.02. The molecule has 0 saturated heterocycles. The molecule has 0 atom stereocenters. The quantitative estimate of drug-likeness (QED) is 0.703. The van der Waals surface area contributed by atoms with Gasteiger partial charge in [0.1, 0.15) is 0 Å². The Bertz CT molecular complexity index is 552. The summed E-state index contributed by atoms with van der Waals surface area (Å²) in [5, 5.41) is 5.98. The van der Waals surface area contributed by atoms with Crippen LogP contribution in [-0.2, 0) is 6.54 Å². The minimum atomic E-state index is 0.942. The summed E-state index contributed by atoms with van der Waals surface area (Å²) < 4.78 is 0. The molecule has 1 nitrogen and oxygen atoms in total. The van der Waals surface area contributed by atoms with E-state index in [0.717, 1.165) is 6.54 Å². The molecule has 1 N–H and O–H groups in total. The maximum Gasteiger partial charge on any atom is 0.0401 e. The van der Waals surface area contributed by atoms with Crippen molar-refractivity contribution in [2.24, 2.45) is 0 Å². The van der Waals surface area contributed by atoms with Gasteiger partial charge in [-0.1, -0.05) is 50.2 Å². The average molecular weight is 225 g/mol. The van der Waals surface area contributed by atoms with E-state index < -0.39 is 0 Å². The summed E-state index contributed by atoms with van der Waals surface area (Å²) in [5.74, 6) is 0. The predicted molar refractivity (Wildman–Crippen MR) is 75.8 cm³/mol. The topological polar surface area (TPSA) is 12.0 Å². The van der Waals surface area contributed by atoms with Crippen molar-refractivity contribution in [3.8, 4) is 0 Å². The van der Waals surface area contributed by atoms with Gasteiger partial charge in [0.05, 0.1) is 0 Å². The predicted octanol–water partition coefficient (Wildman–Crippen LogP) is 4.33. The summed E-state index contributed by atoms with van der Waals surface area (Å²) in [6.45, 7) is 7.11. The molecule has 0 amide bonds. The van der Waals surface area contributed by atoms with Gasteiger partial charge in [-0.25, -0.2) is 0 Å². The maximum atomic E-state index is 3.29. The van der Waals surface area contributed by atoms with Crippen LogP contribution in [0.5, 0.6) is 0 Å². The zero-order valence-electron chi connectivity index (χ0n) is 10.7. The average Bonchev–Trinajstić information content (AvgIpc) is 2.41. The van der Waals surface area contributed by atoms with Crippen molar-refractivity contribution in [1.82, 2.24) is 5.32 Å². The fraction of sp³-hybridized carbons (Fsp3) is 0.250. The second-order valence-electron chi connectivity index (χ2n) is 4.03. The van der Waals surface area contributed by atoms with Crippen molar-refractivity contribution in [2.45, 2.75) is 27.3 Å². The molecule has 0 radical (unpaired) electrons. The van der Waals surface area contributed by atoms with Crippen LogP contribution in [0.2, 0.25) is 0 Å². The van der Waals surface area contributed by atoms with Gasteiger partial charge in [0.2, 0.25) is 0 Å². The number of fused-ring (bicyclic) bond motifs is 3. The Hall–Kier alpha value is -1.76. The molecule has 2 aromatic carbocycles. The van der Waals surface area contributed by atoms with E-state index in [-0.39, 0.29) is 0 Å². The number of hydrogen-bond acceptors (Lipinski definition) is 1. The van der Waals surface area contributed by atoms with Crippen LogP contribution in [0, 0.1) is 0 Å². The summed E-state index contributed by atoms with van der Waals surface area (Å²) in [6, 6.07) is 13.0. The van der Waals surface area contributed by atoms with E-state index in [1.165, 1.54) is 27.5 Å². The summed E-state index contributed by atoms with van der Waals surface area (Å²) in [7, 11) is 0. The monoisotopic (exact) mass is 225 g/mol. The van der Waals surface area contributed by atoms with Crippen LogP contribution in [0.4, 0.5) is 0 Å². The van der Waals surface area contributed by atoms with Crippen molar-refractivity contribution in [3.63, 3.8) is 0 Å². The second-order valence-corrected chi connectivity index (χ2v) is 4.03. The molecule has 1 heteroatoms. The lowest BCUT2D eigenvalue weighted by molar-refractivity contribution is 0.854. The number of nitrogens with one attached hydrogen (secondary N) is 1. The SMILES string of the molecule is CC.CC1=CNCc2ccc3ccccc3c21. The highest BCUT2D eigenvalue weighted by Crippen LogP contribution is 2.30. The van der Waals surface area contributed by atoms with E-state index in [4.69, 9.17) is 0 Å². The summed E-state index contributed by atoms with van der Waals surface area (Å²) in [4.78, 5) is 0. The fourth-order valence-electron chi connectivity index (χ4n) is 2.32. The highest BCUT2D eigenvalue weighted by atomic mass is 14.8. The lowest BCUT2D eigenvalue weighted by Gasteiger charge is -2.18. The van der Waals surface area contributed by atoms with E-state index in [9.17, 15) is 0 Å². The van der Waals surface area contributed by atoms with E-state index >= 15 is 0 Å². The molecule has 0 fully saturated rings. The molecule has 1 aliphatic rings. The van der Waals surface area contributed by atoms with Gasteiger partial charge in [0.15, 0.2) is 0 Å². The fourth-order valence-corrected chi connectivity index (χ4v) is 2.32. The molecule has 1 aliphatic heterocycles. The lowest BCUT2D eigenvalue weighted by Crippen LogP contribution is -2.12. The summed E-state index contributed by atoms with van der Waals surface area (Å²) in [5.41, 5.74) is 4.13. The van der Waals surface area contributed by atoms with Crippen LogP contribution in [0.1, 0.15) is 31.9 Å². The van der Waals surface area contributed by atoms with Gasteiger partial charge in [-0.2, -0.15) is 0 Å². The lowest BCUT2D eigenvalue weighted by atomic mass is 9.93. The van der Waals surface area contributed by atoms with E-state index in [0.29, 0.717) is 0 Å². The first kappa shape index (κ1) is 11.7. The molecule has 88 valence electrons. The first-order valence-corrected chi connectivity index (χ1v) is 6.27. The minimum absolute atomic E-state index is 0.942. The summed E-state index contributed by atoms with van der Waals surface area (Å²) >= 11 is 0. The minimum Gasteiger partial charge on any atom is -0.387 e. The Morgan fingerprint density at radius 3 is 2.59 bits per heavy atom. The van der Waals surface area contributed by atoms with Crippen molar-refractivity contribution >= 4 is 16.3 Å². The Morgan fingerprint density at radius 2 is 1.76 bits per heavy atom. The maximum absolute atomic E-state index is 3.29. The molecular weight excluding hydrogens is 206 g/mol. The smallest absolute Gasteiger partial charge is 0.0401 e. The Kier molecular flexibility index (Phi) is 3.48. The first-order chi connectivity index (χ1) is 8.36. The number of benzene rings is 2. The molecule has 2 aromatic rings. The van der Waals surface area contributed by atoms with Crippen LogP contribution in [-0.4, -0.2) is 0 Å². The van der Waals surface area contributed by atoms with Crippen molar-refractivity contribution in [1.29, 1.82) is 0 Å². The van der Waals surface area contributed by atoms with Gasteiger partial charge < -0.3 is 5.32 Å². The first-order valence-electron chi connectivity index (χ1n) is 6.27. The van der Waals surface area contributed by atoms with Gasteiger partial charge >= 0.3 is 0 Å². The molecule has 0 bridgehead atoms. The van der Waals surface area contributed by atoms with Crippen LogP contribution in [0.25, 0.3) is 16.3 Å². The highest BCUT2D eigenvalue weighted by molar-refractivity contribution is 5.95. The molecule has 3 rings (SSSR count). The van der Waals surface area contributed by atoms with Crippen LogP contribution in [0.3, 0.4) is 0 Å². The Labute approximate surface area is 103 Å². The van der Waals surface area contributed by atoms with E-state index in [1.54, 1.807) is 0 Å². The van der Waals surface area contributed by atoms with Gasteiger partial charge in [-0.05, 0) is 34.4 Å². The molecule has 0 saturated carbocycles. The third kappa shape index (κ3) is 2.05. The largest absolute Gasteiger partial charge is 0.387 e. The molecule has 0 aromatic heterocycles. The van der Waals surface area contributed by atoms with Crippen LogP contribution in [0.15, 0.2) is 42.6 Å². The van der Waals surface area contributed by atoms with Crippen LogP contribution < -0.4 is 5.32 Å². The number of allylic oxidation sites excluding steroid dienone is 1. The third-order valence-electron chi connectivity index (χ3n) is 3.02. The normalized spacial score (nSPS) is 13.0. The van der Waals surface area contributed by atoms with Crippen molar-refractivity contribution in [3.05, 3.63) is 53.7 Å². The molecule has 0 unspecified atom stereocenters. The standard InChI is InChI=1S/C14H13N.C2H6/c1-10-8-15-9-12-7-6-11-4-2-3-5-13(11)14(10)12;1-2/h2-8,15H,9H2,1H3;1-2H3. The highest BCUT2D eigenvalue weighted by Gasteiger charge is 2.11. The van der Waals surface area contributed by atoms with Crippen molar-refractivity contribution in [2.75, 3.05) is 0 Å². The zero-order valence-corrected chi connectivity index (χ0v) is 10.7. The Morgan fingerprint density at radius 1 is 1.00 bits per heavy atom. The zero-order chi connectivity index (χ0) is 12.3. The molecular formula is C16H19N.